The minimum absolute atomic E-state index is 0.143. The molecule has 0 aliphatic heterocycles. The van der Waals surface area contributed by atoms with E-state index < -0.39 is 0 Å². The third kappa shape index (κ3) is 10.7. The lowest BCUT2D eigenvalue weighted by molar-refractivity contribution is -0.119. The summed E-state index contributed by atoms with van der Waals surface area (Å²) < 4.78 is 0. The molecule has 0 aromatic heterocycles. The van der Waals surface area contributed by atoms with Crippen molar-refractivity contribution in [3.8, 4) is 0 Å². The first-order valence-corrected chi connectivity index (χ1v) is 10.0. The Hall–Kier alpha value is -2.09. The smallest absolute Gasteiger partial charge is 0.224 e. The van der Waals surface area contributed by atoms with Gasteiger partial charge in [0.25, 0.3) is 0 Å². The number of rotatable bonds is 14. The number of nitrogens with two attached hydrogens (primary N) is 1. The van der Waals surface area contributed by atoms with Gasteiger partial charge in [-0.05, 0) is 44.1 Å². The Bertz CT molecular complexity index is 557. The first kappa shape index (κ1) is 22.0. The van der Waals surface area contributed by atoms with Crippen molar-refractivity contribution < 1.29 is 4.79 Å². The van der Waals surface area contributed by atoms with Crippen LogP contribution < -0.4 is 5.73 Å². The second kappa shape index (κ2) is 15.2. The lowest BCUT2D eigenvalue weighted by Crippen LogP contribution is -2.21. The molecular formula is C24H35NO. The molecule has 0 saturated heterocycles. The summed E-state index contributed by atoms with van der Waals surface area (Å²) in [4.78, 5) is 11.7. The van der Waals surface area contributed by atoms with Gasteiger partial charge >= 0.3 is 0 Å². The van der Waals surface area contributed by atoms with Crippen molar-refractivity contribution in [2.75, 3.05) is 0 Å². The Balaban J connectivity index is 2.07. The number of primary amides is 1. The standard InChI is InChI=1S/C24H35NO/c1-2-3-4-5-6-7-8-9-10-11-12-13-14-18-21-23(24(25)26)22-19-16-15-17-20-22/h3-4,6-7,9-10,15-17,19-20,23H,2,5,8,11-14,18,21H2,1H3,(H2,25,26)/b4-3-,7-6-,10-9-. The number of amides is 1. The van der Waals surface area contributed by atoms with Gasteiger partial charge in [-0.15, -0.1) is 0 Å². The van der Waals surface area contributed by atoms with Crippen LogP contribution in [0.2, 0.25) is 0 Å². The average molecular weight is 354 g/mol. The second-order valence-corrected chi connectivity index (χ2v) is 6.65. The fourth-order valence-corrected chi connectivity index (χ4v) is 2.95. The topological polar surface area (TPSA) is 43.1 Å². The van der Waals surface area contributed by atoms with Crippen LogP contribution in [0.4, 0.5) is 0 Å². The molecule has 0 fully saturated rings. The van der Waals surface area contributed by atoms with Gasteiger partial charge in [0, 0.05) is 0 Å². The van der Waals surface area contributed by atoms with Gasteiger partial charge in [-0.1, -0.05) is 93.0 Å². The molecule has 0 aliphatic carbocycles. The Labute approximate surface area is 159 Å². The molecule has 2 nitrogen and oxygen atoms in total. The first-order valence-electron chi connectivity index (χ1n) is 10.0. The quantitative estimate of drug-likeness (QED) is 0.303. The van der Waals surface area contributed by atoms with Gasteiger partial charge in [0.2, 0.25) is 5.91 Å². The van der Waals surface area contributed by atoms with Crippen molar-refractivity contribution in [3.05, 3.63) is 72.4 Å². The lowest BCUT2D eigenvalue weighted by Gasteiger charge is -2.13. The molecule has 0 saturated carbocycles. The molecule has 1 rings (SSSR count). The van der Waals surface area contributed by atoms with Crippen molar-refractivity contribution >= 4 is 5.91 Å². The largest absolute Gasteiger partial charge is 0.369 e. The molecule has 0 heterocycles. The maximum atomic E-state index is 11.7. The van der Waals surface area contributed by atoms with E-state index in [0.717, 1.165) is 50.5 Å². The third-order valence-corrected chi connectivity index (χ3v) is 4.44. The van der Waals surface area contributed by atoms with E-state index in [2.05, 4.69) is 43.4 Å². The molecule has 0 spiro atoms. The zero-order valence-electron chi connectivity index (χ0n) is 16.3. The summed E-state index contributed by atoms with van der Waals surface area (Å²) in [7, 11) is 0. The van der Waals surface area contributed by atoms with Gasteiger partial charge in [-0.25, -0.2) is 0 Å². The van der Waals surface area contributed by atoms with Crippen LogP contribution >= 0.6 is 0 Å². The van der Waals surface area contributed by atoms with Crippen LogP contribution in [0.3, 0.4) is 0 Å². The number of carbonyl (C=O) groups is 1. The lowest BCUT2D eigenvalue weighted by atomic mass is 9.92. The van der Waals surface area contributed by atoms with Crippen molar-refractivity contribution in [1.82, 2.24) is 0 Å². The number of carbonyl (C=O) groups excluding carboxylic acids is 1. The first-order chi connectivity index (χ1) is 12.8. The van der Waals surface area contributed by atoms with E-state index in [0.29, 0.717) is 0 Å². The van der Waals surface area contributed by atoms with E-state index in [1.165, 1.54) is 12.8 Å². The molecule has 0 aliphatic rings. The number of hydrogen-bond donors (Lipinski definition) is 1. The molecule has 142 valence electrons. The van der Waals surface area contributed by atoms with Gasteiger partial charge in [0.1, 0.15) is 0 Å². The highest BCUT2D eigenvalue weighted by atomic mass is 16.1. The molecule has 2 N–H and O–H groups in total. The molecule has 0 radical (unpaired) electrons. The summed E-state index contributed by atoms with van der Waals surface area (Å²) in [6, 6.07) is 9.89. The summed E-state index contributed by atoms with van der Waals surface area (Å²) >= 11 is 0. The highest BCUT2D eigenvalue weighted by Crippen LogP contribution is 2.22. The number of hydrogen-bond acceptors (Lipinski definition) is 1. The van der Waals surface area contributed by atoms with Gasteiger partial charge in [-0.3, -0.25) is 4.79 Å². The van der Waals surface area contributed by atoms with E-state index in [-0.39, 0.29) is 11.8 Å². The fraction of sp³-hybridized carbons (Fsp3) is 0.458. The van der Waals surface area contributed by atoms with Crippen molar-refractivity contribution in [1.29, 1.82) is 0 Å². The summed E-state index contributed by atoms with van der Waals surface area (Å²) in [5.74, 6) is -0.354. The van der Waals surface area contributed by atoms with Crippen molar-refractivity contribution in [2.24, 2.45) is 5.73 Å². The van der Waals surface area contributed by atoms with E-state index >= 15 is 0 Å². The monoisotopic (exact) mass is 353 g/mol. The molecule has 26 heavy (non-hydrogen) atoms. The molecule has 2 heteroatoms. The van der Waals surface area contributed by atoms with Crippen LogP contribution in [-0.2, 0) is 4.79 Å². The fourth-order valence-electron chi connectivity index (χ4n) is 2.95. The number of benzene rings is 1. The summed E-state index contributed by atoms with van der Waals surface area (Å²) in [6.07, 6.45) is 23.2. The molecule has 1 unspecified atom stereocenters. The van der Waals surface area contributed by atoms with E-state index in [1.807, 2.05) is 30.3 Å². The van der Waals surface area contributed by atoms with Crippen molar-refractivity contribution in [2.45, 2.75) is 70.6 Å². The Morgan fingerprint density at radius 1 is 0.885 bits per heavy atom. The van der Waals surface area contributed by atoms with Gasteiger partial charge in [0.05, 0.1) is 5.92 Å². The predicted octanol–water partition coefficient (Wildman–Crippen LogP) is 6.45. The Morgan fingerprint density at radius 3 is 2.15 bits per heavy atom. The highest BCUT2D eigenvalue weighted by molar-refractivity contribution is 5.81. The highest BCUT2D eigenvalue weighted by Gasteiger charge is 2.16. The molecule has 1 aromatic carbocycles. The predicted molar refractivity (Wildman–Crippen MR) is 113 cm³/mol. The third-order valence-electron chi connectivity index (χ3n) is 4.44. The van der Waals surface area contributed by atoms with E-state index in [1.54, 1.807) is 0 Å². The average Bonchev–Trinajstić information content (AvgIpc) is 2.65. The van der Waals surface area contributed by atoms with Crippen LogP contribution in [-0.4, -0.2) is 5.91 Å². The van der Waals surface area contributed by atoms with Gasteiger partial charge in [0.15, 0.2) is 0 Å². The second-order valence-electron chi connectivity index (χ2n) is 6.65. The molecular weight excluding hydrogens is 318 g/mol. The molecule has 1 amide bonds. The van der Waals surface area contributed by atoms with Crippen LogP contribution in [0.1, 0.15) is 76.2 Å². The van der Waals surface area contributed by atoms with Gasteiger partial charge in [-0.2, -0.15) is 0 Å². The Kier molecular flexibility index (Phi) is 12.8. The van der Waals surface area contributed by atoms with Crippen LogP contribution in [0, 0.1) is 0 Å². The van der Waals surface area contributed by atoms with E-state index in [4.69, 9.17) is 5.73 Å². The number of unbranched alkanes of at least 4 members (excludes halogenated alkanes) is 4. The maximum absolute atomic E-state index is 11.7. The maximum Gasteiger partial charge on any atom is 0.224 e. The molecule has 0 bridgehead atoms. The minimum Gasteiger partial charge on any atom is -0.369 e. The van der Waals surface area contributed by atoms with E-state index in [9.17, 15) is 4.79 Å². The molecule has 1 aromatic rings. The van der Waals surface area contributed by atoms with Gasteiger partial charge < -0.3 is 5.73 Å². The Morgan fingerprint density at radius 2 is 1.50 bits per heavy atom. The van der Waals surface area contributed by atoms with Crippen LogP contribution in [0.5, 0.6) is 0 Å². The van der Waals surface area contributed by atoms with Crippen LogP contribution in [0.25, 0.3) is 0 Å². The summed E-state index contributed by atoms with van der Waals surface area (Å²) in [5.41, 5.74) is 6.61. The van der Waals surface area contributed by atoms with Crippen LogP contribution in [0.15, 0.2) is 66.8 Å². The minimum atomic E-state index is -0.211. The number of allylic oxidation sites excluding steroid dienone is 6. The summed E-state index contributed by atoms with van der Waals surface area (Å²) in [6.45, 7) is 2.16. The summed E-state index contributed by atoms with van der Waals surface area (Å²) in [5, 5.41) is 0. The normalized spacial score (nSPS) is 13.1. The van der Waals surface area contributed by atoms with Crippen molar-refractivity contribution in [3.63, 3.8) is 0 Å². The molecule has 1 atom stereocenters. The zero-order chi connectivity index (χ0) is 18.9. The SMILES string of the molecule is CC/C=C\C/C=C\C/C=C\CCCCCCC(C(N)=O)c1ccccc1. The zero-order valence-corrected chi connectivity index (χ0v) is 16.3.